The molecule has 0 bridgehead atoms. The fourth-order valence-electron chi connectivity index (χ4n) is 4.12. The largest absolute Gasteiger partial charge is 0.416 e. The maximum Gasteiger partial charge on any atom is 0.416 e. The molecule has 0 aliphatic carbocycles. The topological polar surface area (TPSA) is 52.7 Å². The quantitative estimate of drug-likeness (QED) is 0.617. The molecule has 1 saturated heterocycles. The third kappa shape index (κ3) is 4.75. The van der Waals surface area contributed by atoms with Crippen LogP contribution in [-0.2, 0) is 21.9 Å². The Kier molecular flexibility index (Phi) is 6.47. The molecule has 1 heterocycles. The Hall–Kier alpha value is -3.08. The van der Waals surface area contributed by atoms with Crippen LogP contribution in [0.2, 0.25) is 0 Å². The van der Waals surface area contributed by atoms with Gasteiger partial charge in [0.05, 0.1) is 24.1 Å². The van der Waals surface area contributed by atoms with Gasteiger partial charge < -0.3 is 10.2 Å². The van der Waals surface area contributed by atoms with Gasteiger partial charge in [0.1, 0.15) is 5.54 Å². The van der Waals surface area contributed by atoms with E-state index in [-0.39, 0.29) is 24.9 Å². The second kappa shape index (κ2) is 8.61. The summed E-state index contributed by atoms with van der Waals surface area (Å²) in [6, 6.07) is 6.28. The summed E-state index contributed by atoms with van der Waals surface area (Å²) in [5.41, 5.74) is -3.08. The van der Waals surface area contributed by atoms with Crippen molar-refractivity contribution in [2.75, 3.05) is 30.9 Å². The lowest BCUT2D eigenvalue weighted by molar-refractivity contribution is -0.143. The number of rotatable bonds is 4. The van der Waals surface area contributed by atoms with E-state index < -0.39 is 40.6 Å². The van der Waals surface area contributed by atoms with Gasteiger partial charge in [-0.2, -0.15) is 26.3 Å². The Bertz CT molecular complexity index is 1070. The minimum absolute atomic E-state index is 0.0147. The highest BCUT2D eigenvalue weighted by Gasteiger charge is 2.51. The van der Waals surface area contributed by atoms with E-state index in [1.165, 1.54) is 23.9 Å². The molecule has 5 nitrogen and oxygen atoms in total. The Morgan fingerprint density at radius 2 is 1.47 bits per heavy atom. The molecule has 11 heteroatoms. The van der Waals surface area contributed by atoms with Crippen molar-refractivity contribution in [1.29, 1.82) is 0 Å². The molecule has 2 aromatic carbocycles. The minimum atomic E-state index is -5.05. The summed E-state index contributed by atoms with van der Waals surface area (Å²) < 4.78 is 79.2. The number of para-hydroxylation sites is 1. The van der Waals surface area contributed by atoms with Crippen molar-refractivity contribution in [3.8, 4) is 0 Å². The normalized spacial score (nSPS) is 19.1. The van der Waals surface area contributed by atoms with Gasteiger partial charge in [0.2, 0.25) is 11.8 Å². The zero-order valence-corrected chi connectivity index (χ0v) is 18.9. The van der Waals surface area contributed by atoms with E-state index in [1.54, 1.807) is 26.0 Å². The number of alkyl halides is 6. The number of nitrogens with zero attached hydrogens (tertiary/aromatic N) is 2. The van der Waals surface area contributed by atoms with Crippen LogP contribution in [0.25, 0.3) is 0 Å². The first-order valence-electron chi connectivity index (χ1n) is 10.2. The lowest BCUT2D eigenvalue weighted by Gasteiger charge is -2.34. The Balaban J connectivity index is 2.00. The van der Waals surface area contributed by atoms with E-state index in [9.17, 15) is 35.9 Å². The van der Waals surface area contributed by atoms with Crippen LogP contribution in [0, 0.1) is 13.8 Å². The molecule has 0 radical (unpaired) electrons. The van der Waals surface area contributed by atoms with E-state index in [2.05, 4.69) is 5.32 Å². The third-order valence-electron chi connectivity index (χ3n) is 6.00. The highest BCUT2D eigenvalue weighted by atomic mass is 19.4. The van der Waals surface area contributed by atoms with Gasteiger partial charge in [0.15, 0.2) is 0 Å². The van der Waals surface area contributed by atoms with Crippen LogP contribution in [0.5, 0.6) is 0 Å². The standard InChI is InChI=1S/C23H23F6N3O2/c1-13-6-5-7-14(2)19(13)32-12-21(31(3)4,11-18(32)33)20(34)30-17-9-15(22(24,25)26)8-16(10-17)23(27,28)29/h5-10H,11-12H2,1-4H3,(H,30,34). The van der Waals surface area contributed by atoms with Crippen molar-refractivity contribution in [2.45, 2.75) is 38.2 Å². The first-order valence-corrected chi connectivity index (χ1v) is 10.2. The van der Waals surface area contributed by atoms with E-state index in [0.29, 0.717) is 17.8 Å². The van der Waals surface area contributed by atoms with Crippen LogP contribution in [0.3, 0.4) is 0 Å². The number of benzene rings is 2. The number of hydrogen-bond donors (Lipinski definition) is 1. The lowest BCUT2D eigenvalue weighted by Crippen LogP contribution is -2.55. The Morgan fingerprint density at radius 1 is 0.971 bits per heavy atom. The van der Waals surface area contributed by atoms with Gasteiger partial charge in [-0.15, -0.1) is 0 Å². The van der Waals surface area contributed by atoms with Crippen molar-refractivity contribution in [3.05, 3.63) is 58.7 Å². The van der Waals surface area contributed by atoms with Crippen LogP contribution in [0.1, 0.15) is 28.7 Å². The first kappa shape index (κ1) is 25.5. The predicted octanol–water partition coefficient (Wildman–Crippen LogP) is 5.02. The van der Waals surface area contributed by atoms with Gasteiger partial charge in [-0.1, -0.05) is 18.2 Å². The molecule has 184 valence electrons. The highest BCUT2D eigenvalue weighted by molar-refractivity contribution is 6.08. The van der Waals surface area contributed by atoms with Crippen LogP contribution in [0.4, 0.5) is 37.7 Å². The van der Waals surface area contributed by atoms with E-state index in [4.69, 9.17) is 0 Å². The summed E-state index contributed by atoms with van der Waals surface area (Å²) in [5.74, 6) is -1.27. The minimum Gasteiger partial charge on any atom is -0.324 e. The number of carbonyl (C=O) groups is 2. The van der Waals surface area contributed by atoms with Crippen LogP contribution >= 0.6 is 0 Å². The van der Waals surface area contributed by atoms with Gasteiger partial charge in [-0.25, -0.2) is 0 Å². The molecule has 34 heavy (non-hydrogen) atoms. The summed E-state index contributed by atoms with van der Waals surface area (Å²) in [5, 5.41) is 2.19. The van der Waals surface area contributed by atoms with Gasteiger partial charge >= 0.3 is 12.4 Å². The molecule has 2 amide bonds. The van der Waals surface area contributed by atoms with Crippen molar-refractivity contribution in [3.63, 3.8) is 0 Å². The monoisotopic (exact) mass is 487 g/mol. The van der Waals surface area contributed by atoms with Crippen molar-refractivity contribution in [2.24, 2.45) is 0 Å². The molecule has 1 aliphatic rings. The molecule has 1 N–H and O–H groups in total. The molecule has 2 aromatic rings. The summed E-state index contributed by atoms with van der Waals surface area (Å²) in [4.78, 5) is 29.1. The molecule has 1 unspecified atom stereocenters. The zero-order valence-electron chi connectivity index (χ0n) is 18.9. The van der Waals surface area contributed by atoms with Gasteiger partial charge in [0, 0.05) is 11.4 Å². The SMILES string of the molecule is Cc1cccc(C)c1N1CC(C(=O)Nc2cc(C(F)(F)F)cc(C(F)(F)F)c2)(N(C)C)CC1=O. The van der Waals surface area contributed by atoms with Crippen LogP contribution < -0.4 is 10.2 Å². The van der Waals surface area contributed by atoms with Crippen molar-refractivity contribution >= 4 is 23.2 Å². The number of halogens is 6. The number of anilines is 2. The van der Waals surface area contributed by atoms with E-state index in [0.717, 1.165) is 11.1 Å². The molecule has 1 atom stereocenters. The van der Waals surface area contributed by atoms with Crippen LogP contribution in [0.15, 0.2) is 36.4 Å². The van der Waals surface area contributed by atoms with Gasteiger partial charge in [0.25, 0.3) is 0 Å². The first-order chi connectivity index (χ1) is 15.6. The Labute approximate surface area is 192 Å². The van der Waals surface area contributed by atoms with Crippen molar-refractivity contribution < 1.29 is 35.9 Å². The molecular weight excluding hydrogens is 464 g/mol. The molecular formula is C23H23F6N3O2. The molecule has 3 rings (SSSR count). The second-order valence-electron chi connectivity index (χ2n) is 8.57. The van der Waals surface area contributed by atoms with E-state index in [1.807, 2.05) is 6.07 Å². The van der Waals surface area contributed by atoms with E-state index >= 15 is 0 Å². The second-order valence-corrected chi connectivity index (χ2v) is 8.57. The fourth-order valence-corrected chi connectivity index (χ4v) is 4.12. The summed E-state index contributed by atoms with van der Waals surface area (Å²) in [6.45, 7) is 3.47. The number of carbonyl (C=O) groups excluding carboxylic acids is 2. The zero-order chi connectivity index (χ0) is 25.6. The molecule has 1 fully saturated rings. The number of likely N-dealkylation sites (N-methyl/N-ethyl adjacent to an activating group) is 1. The van der Waals surface area contributed by atoms with Crippen LogP contribution in [-0.4, -0.2) is 42.9 Å². The molecule has 0 spiro atoms. The number of hydrogen-bond acceptors (Lipinski definition) is 3. The molecule has 0 saturated carbocycles. The molecule has 1 aliphatic heterocycles. The average Bonchev–Trinajstić information content (AvgIpc) is 3.05. The lowest BCUT2D eigenvalue weighted by atomic mass is 9.95. The van der Waals surface area contributed by atoms with Crippen molar-refractivity contribution in [1.82, 2.24) is 4.90 Å². The summed E-state index contributed by atoms with van der Waals surface area (Å²) in [7, 11) is 3.04. The number of amides is 2. The summed E-state index contributed by atoms with van der Waals surface area (Å²) in [6.07, 6.45) is -10.4. The maximum absolute atomic E-state index is 13.3. The third-order valence-corrected chi connectivity index (χ3v) is 6.00. The average molecular weight is 487 g/mol. The highest BCUT2D eigenvalue weighted by Crippen LogP contribution is 2.39. The Morgan fingerprint density at radius 3 is 1.91 bits per heavy atom. The smallest absolute Gasteiger partial charge is 0.324 e. The predicted molar refractivity (Wildman–Crippen MR) is 114 cm³/mol. The molecule has 0 aromatic heterocycles. The number of aryl methyl sites for hydroxylation is 2. The van der Waals surface area contributed by atoms with Gasteiger partial charge in [-0.3, -0.25) is 14.5 Å². The fraction of sp³-hybridized carbons (Fsp3) is 0.391. The van der Waals surface area contributed by atoms with Gasteiger partial charge in [-0.05, 0) is 57.3 Å². The number of nitrogens with one attached hydrogen (secondary N) is 1. The maximum atomic E-state index is 13.3. The summed E-state index contributed by atoms with van der Waals surface area (Å²) >= 11 is 0.